The van der Waals surface area contributed by atoms with Gasteiger partial charge < -0.3 is 4.74 Å². The molecule has 4 heteroatoms. The molecule has 1 aliphatic heterocycles. The van der Waals surface area contributed by atoms with Crippen molar-refractivity contribution in [3.05, 3.63) is 35.4 Å². The van der Waals surface area contributed by atoms with Crippen molar-refractivity contribution in [2.24, 2.45) is 0 Å². The van der Waals surface area contributed by atoms with Gasteiger partial charge in [0.15, 0.2) is 0 Å². The predicted octanol–water partition coefficient (Wildman–Crippen LogP) is 3.42. The van der Waals surface area contributed by atoms with Gasteiger partial charge in [0, 0.05) is 12.0 Å². The molecule has 15 heavy (non-hydrogen) atoms. The second-order valence-electron chi connectivity index (χ2n) is 3.62. The number of halogens is 3. The van der Waals surface area contributed by atoms with Gasteiger partial charge in [-0.3, -0.25) is 0 Å². The van der Waals surface area contributed by atoms with Crippen LogP contribution in [0.1, 0.15) is 24.5 Å². The molecule has 2 rings (SSSR count). The number of benzene rings is 1. The second-order valence-corrected chi connectivity index (χ2v) is 4.23. The van der Waals surface area contributed by atoms with Crippen LogP contribution in [0.5, 0.6) is 0 Å². The molecule has 2 atom stereocenters. The summed E-state index contributed by atoms with van der Waals surface area (Å²) in [6.07, 6.45) is 0.635. The molecule has 1 saturated heterocycles. The van der Waals surface area contributed by atoms with E-state index in [9.17, 15) is 8.78 Å². The smallest absolute Gasteiger partial charge is 0.131 e. The Morgan fingerprint density at radius 3 is 2.53 bits per heavy atom. The molecule has 0 radical (unpaired) electrons. The number of hydrogen-bond acceptors (Lipinski definition) is 1. The zero-order valence-electron chi connectivity index (χ0n) is 8.05. The standard InChI is InChI=1S/C11H11ClF2O/c12-7-4-5-15-10(6-7)11-8(13)2-1-3-9(11)14/h1-3,7,10H,4-6H2. The minimum absolute atomic E-state index is 0.00264. The third kappa shape index (κ3) is 2.29. The molecule has 1 heterocycles. The maximum atomic E-state index is 13.4. The maximum absolute atomic E-state index is 13.4. The first-order chi connectivity index (χ1) is 7.18. The second kappa shape index (κ2) is 4.45. The Balaban J connectivity index is 2.28. The lowest BCUT2D eigenvalue weighted by Gasteiger charge is -2.26. The first kappa shape index (κ1) is 10.8. The summed E-state index contributed by atoms with van der Waals surface area (Å²) >= 11 is 5.94. The van der Waals surface area contributed by atoms with Crippen LogP contribution in [0.2, 0.25) is 0 Å². The summed E-state index contributed by atoms with van der Waals surface area (Å²) in [5.74, 6) is -1.13. The van der Waals surface area contributed by atoms with Crippen molar-refractivity contribution in [1.29, 1.82) is 0 Å². The van der Waals surface area contributed by atoms with E-state index in [1.165, 1.54) is 18.2 Å². The monoisotopic (exact) mass is 232 g/mol. The summed E-state index contributed by atoms with van der Waals surface area (Å²) in [6.45, 7) is 0.451. The van der Waals surface area contributed by atoms with E-state index in [2.05, 4.69) is 0 Å². The summed E-state index contributed by atoms with van der Waals surface area (Å²) < 4.78 is 32.1. The topological polar surface area (TPSA) is 9.23 Å². The first-order valence-corrected chi connectivity index (χ1v) is 5.31. The van der Waals surface area contributed by atoms with E-state index in [4.69, 9.17) is 16.3 Å². The van der Waals surface area contributed by atoms with Gasteiger partial charge in [-0.15, -0.1) is 11.6 Å². The van der Waals surface area contributed by atoms with Crippen molar-refractivity contribution in [3.8, 4) is 0 Å². The quantitative estimate of drug-likeness (QED) is 0.674. The van der Waals surface area contributed by atoms with Crippen molar-refractivity contribution in [2.75, 3.05) is 6.61 Å². The Morgan fingerprint density at radius 1 is 1.27 bits per heavy atom. The van der Waals surface area contributed by atoms with Gasteiger partial charge in [0.1, 0.15) is 11.6 Å². The summed E-state index contributed by atoms with van der Waals surface area (Å²) in [6, 6.07) is 3.81. The molecular weight excluding hydrogens is 222 g/mol. The van der Waals surface area contributed by atoms with Gasteiger partial charge >= 0.3 is 0 Å². The lowest BCUT2D eigenvalue weighted by molar-refractivity contribution is 0.0125. The summed E-state index contributed by atoms with van der Waals surface area (Å²) in [4.78, 5) is 0. The van der Waals surface area contributed by atoms with Gasteiger partial charge in [-0.1, -0.05) is 6.07 Å². The minimum Gasteiger partial charge on any atom is -0.373 e. The van der Waals surface area contributed by atoms with Crippen LogP contribution in [-0.4, -0.2) is 12.0 Å². The maximum Gasteiger partial charge on any atom is 0.131 e. The molecule has 1 fully saturated rings. The number of ether oxygens (including phenoxy) is 1. The predicted molar refractivity (Wildman–Crippen MR) is 53.9 cm³/mol. The van der Waals surface area contributed by atoms with Gasteiger partial charge in [0.25, 0.3) is 0 Å². The van der Waals surface area contributed by atoms with Crippen molar-refractivity contribution in [1.82, 2.24) is 0 Å². The Bertz CT molecular complexity index is 336. The Labute approximate surface area is 92.0 Å². The zero-order valence-corrected chi connectivity index (χ0v) is 8.81. The average Bonchev–Trinajstić information content (AvgIpc) is 2.17. The normalized spacial score (nSPS) is 26.6. The van der Waals surface area contributed by atoms with E-state index in [0.717, 1.165) is 6.42 Å². The molecule has 1 aromatic carbocycles. The fourth-order valence-corrected chi connectivity index (χ4v) is 2.03. The van der Waals surface area contributed by atoms with Crippen LogP contribution in [-0.2, 0) is 4.74 Å². The molecule has 0 aliphatic carbocycles. The zero-order chi connectivity index (χ0) is 10.8. The molecule has 2 unspecified atom stereocenters. The van der Waals surface area contributed by atoms with Crippen LogP contribution in [0.3, 0.4) is 0 Å². The molecule has 0 N–H and O–H groups in total. The third-order valence-electron chi connectivity index (χ3n) is 2.54. The van der Waals surface area contributed by atoms with E-state index in [1.54, 1.807) is 0 Å². The fourth-order valence-electron chi connectivity index (χ4n) is 1.78. The highest BCUT2D eigenvalue weighted by molar-refractivity contribution is 6.20. The van der Waals surface area contributed by atoms with Crippen molar-refractivity contribution in [3.63, 3.8) is 0 Å². The largest absolute Gasteiger partial charge is 0.373 e. The van der Waals surface area contributed by atoms with Gasteiger partial charge in [-0.05, 0) is 25.0 Å². The molecule has 0 spiro atoms. The summed E-state index contributed by atoms with van der Waals surface area (Å²) in [7, 11) is 0. The molecule has 82 valence electrons. The van der Waals surface area contributed by atoms with Crippen LogP contribution >= 0.6 is 11.6 Å². The highest BCUT2D eigenvalue weighted by atomic mass is 35.5. The Hall–Kier alpha value is -0.670. The molecule has 1 aromatic rings. The van der Waals surface area contributed by atoms with Crippen LogP contribution in [0.25, 0.3) is 0 Å². The third-order valence-corrected chi connectivity index (χ3v) is 2.94. The molecule has 1 aliphatic rings. The summed E-state index contributed by atoms with van der Waals surface area (Å²) in [5, 5.41) is -0.0669. The van der Waals surface area contributed by atoms with Gasteiger partial charge in [-0.25, -0.2) is 8.78 Å². The number of alkyl halides is 1. The molecule has 0 aromatic heterocycles. The first-order valence-electron chi connectivity index (χ1n) is 4.88. The van der Waals surface area contributed by atoms with Gasteiger partial charge in [0.2, 0.25) is 0 Å². The Morgan fingerprint density at radius 2 is 1.93 bits per heavy atom. The van der Waals surface area contributed by atoms with E-state index < -0.39 is 17.7 Å². The van der Waals surface area contributed by atoms with Crippen LogP contribution < -0.4 is 0 Å². The highest BCUT2D eigenvalue weighted by Crippen LogP contribution is 2.33. The SMILES string of the molecule is Fc1cccc(F)c1C1CC(Cl)CCO1. The minimum atomic E-state index is -0.564. The van der Waals surface area contributed by atoms with Gasteiger partial charge in [0.05, 0.1) is 11.7 Å². The Kier molecular flexibility index (Phi) is 3.22. The van der Waals surface area contributed by atoms with Crippen LogP contribution in [0.15, 0.2) is 18.2 Å². The molecular formula is C11H11ClF2O. The lowest BCUT2D eigenvalue weighted by Crippen LogP contribution is -2.21. The van der Waals surface area contributed by atoms with E-state index in [0.29, 0.717) is 13.0 Å². The molecule has 1 nitrogen and oxygen atoms in total. The number of rotatable bonds is 1. The van der Waals surface area contributed by atoms with Crippen molar-refractivity contribution < 1.29 is 13.5 Å². The van der Waals surface area contributed by atoms with Gasteiger partial charge in [-0.2, -0.15) is 0 Å². The van der Waals surface area contributed by atoms with E-state index in [-0.39, 0.29) is 10.9 Å². The number of hydrogen-bond donors (Lipinski definition) is 0. The van der Waals surface area contributed by atoms with Crippen LogP contribution in [0.4, 0.5) is 8.78 Å². The summed E-state index contributed by atoms with van der Waals surface area (Å²) in [5.41, 5.74) is 0.00264. The van der Waals surface area contributed by atoms with Crippen molar-refractivity contribution >= 4 is 11.6 Å². The van der Waals surface area contributed by atoms with Crippen LogP contribution in [0, 0.1) is 11.6 Å². The molecule has 0 bridgehead atoms. The molecule has 0 amide bonds. The lowest BCUT2D eigenvalue weighted by atomic mass is 10.00. The molecule has 0 saturated carbocycles. The highest BCUT2D eigenvalue weighted by Gasteiger charge is 2.27. The average molecular weight is 233 g/mol. The van der Waals surface area contributed by atoms with E-state index >= 15 is 0 Å². The fraction of sp³-hybridized carbons (Fsp3) is 0.455. The van der Waals surface area contributed by atoms with Crippen molar-refractivity contribution in [2.45, 2.75) is 24.3 Å². The van der Waals surface area contributed by atoms with E-state index in [1.807, 2.05) is 0 Å².